The number of aryl methyl sites for hydroxylation is 1. The van der Waals surface area contributed by atoms with E-state index in [0.717, 1.165) is 24.8 Å². The molecule has 1 heterocycles. The monoisotopic (exact) mass is 436 g/mol. The molecule has 0 saturated carbocycles. The van der Waals surface area contributed by atoms with Crippen molar-refractivity contribution in [1.29, 1.82) is 0 Å². The molecule has 6 nitrogen and oxygen atoms in total. The molecule has 0 bridgehead atoms. The van der Waals surface area contributed by atoms with Crippen LogP contribution < -0.4 is 10.0 Å². The molecule has 31 heavy (non-hydrogen) atoms. The van der Waals surface area contributed by atoms with Crippen LogP contribution in [0.15, 0.2) is 84.0 Å². The molecule has 1 aromatic heterocycles. The summed E-state index contributed by atoms with van der Waals surface area (Å²) in [6.45, 7) is 0.482. The SMILES string of the molecule is O=C(NCCCCc1ccccc1)C(Cc1cc[c]cc1)NS(=O)(=O)c1ccccn1. The molecule has 161 valence electrons. The minimum absolute atomic E-state index is 0.114. The summed E-state index contributed by atoms with van der Waals surface area (Å²) in [6, 6.07) is 23.9. The van der Waals surface area contributed by atoms with E-state index in [4.69, 9.17) is 0 Å². The molecule has 0 aliphatic heterocycles. The van der Waals surface area contributed by atoms with Crippen LogP contribution in [0.5, 0.6) is 0 Å². The predicted molar refractivity (Wildman–Crippen MR) is 120 cm³/mol. The molecule has 0 aliphatic rings. The summed E-state index contributed by atoms with van der Waals surface area (Å²) in [5.41, 5.74) is 2.10. The Morgan fingerprint density at radius 2 is 1.68 bits per heavy atom. The lowest BCUT2D eigenvalue weighted by molar-refractivity contribution is -0.122. The number of carbonyl (C=O) groups excluding carboxylic acids is 1. The minimum atomic E-state index is -3.93. The number of hydrogen-bond acceptors (Lipinski definition) is 4. The minimum Gasteiger partial charge on any atom is -0.355 e. The van der Waals surface area contributed by atoms with Crippen LogP contribution in [0.1, 0.15) is 24.0 Å². The average Bonchev–Trinajstić information content (AvgIpc) is 2.80. The number of benzene rings is 2. The zero-order chi connectivity index (χ0) is 21.9. The van der Waals surface area contributed by atoms with E-state index >= 15 is 0 Å². The second-order valence-electron chi connectivity index (χ2n) is 7.19. The van der Waals surface area contributed by atoms with Crippen molar-refractivity contribution in [2.24, 2.45) is 0 Å². The maximum atomic E-state index is 12.8. The van der Waals surface area contributed by atoms with Crippen LogP contribution in [-0.4, -0.2) is 31.9 Å². The highest BCUT2D eigenvalue weighted by molar-refractivity contribution is 7.89. The van der Waals surface area contributed by atoms with Gasteiger partial charge in [-0.15, -0.1) is 0 Å². The summed E-state index contributed by atoms with van der Waals surface area (Å²) < 4.78 is 27.9. The van der Waals surface area contributed by atoms with Crippen molar-refractivity contribution in [3.8, 4) is 0 Å². The molecule has 0 saturated heterocycles. The fourth-order valence-electron chi connectivity index (χ4n) is 3.17. The number of pyridine rings is 1. The van der Waals surface area contributed by atoms with Gasteiger partial charge in [-0.25, -0.2) is 13.4 Å². The van der Waals surface area contributed by atoms with E-state index in [-0.39, 0.29) is 17.4 Å². The van der Waals surface area contributed by atoms with Gasteiger partial charge in [-0.05, 0) is 55.0 Å². The van der Waals surface area contributed by atoms with Gasteiger partial charge in [-0.1, -0.05) is 60.7 Å². The Morgan fingerprint density at radius 1 is 0.935 bits per heavy atom. The number of rotatable bonds is 11. The standard InChI is InChI=1S/C24H26N3O3S/c28-24(26-18-9-7-13-20-11-3-1-4-12-20)22(19-21-14-5-2-6-15-21)27-31(29,30)23-16-8-10-17-25-23/h1,3-6,8,10-12,14-17,22,27H,7,9,13,18-19H2,(H,26,28). The molecule has 2 aromatic carbocycles. The Kier molecular flexibility index (Phi) is 8.32. The normalized spacial score (nSPS) is 12.3. The van der Waals surface area contributed by atoms with Crippen LogP contribution >= 0.6 is 0 Å². The number of unbranched alkanes of at least 4 members (excludes halogenated alkanes) is 1. The van der Waals surface area contributed by atoms with Gasteiger partial charge in [0, 0.05) is 12.7 Å². The molecule has 7 heteroatoms. The number of amides is 1. The Bertz CT molecular complexity index is 1040. The Morgan fingerprint density at radius 3 is 2.39 bits per heavy atom. The lowest BCUT2D eigenvalue weighted by atomic mass is 10.1. The maximum Gasteiger partial charge on any atom is 0.258 e. The number of hydrogen-bond donors (Lipinski definition) is 2. The first-order valence-electron chi connectivity index (χ1n) is 10.2. The second kappa shape index (κ2) is 11.4. The van der Waals surface area contributed by atoms with Gasteiger partial charge in [-0.3, -0.25) is 4.79 Å². The van der Waals surface area contributed by atoms with Gasteiger partial charge < -0.3 is 5.32 Å². The van der Waals surface area contributed by atoms with Crippen LogP contribution in [-0.2, 0) is 27.7 Å². The van der Waals surface area contributed by atoms with Gasteiger partial charge >= 0.3 is 0 Å². The maximum absolute atomic E-state index is 12.8. The van der Waals surface area contributed by atoms with Crippen LogP contribution in [0, 0.1) is 6.07 Å². The summed E-state index contributed by atoms with van der Waals surface area (Å²) >= 11 is 0. The quantitative estimate of drug-likeness (QED) is 0.453. The van der Waals surface area contributed by atoms with Gasteiger partial charge in [0.15, 0.2) is 5.03 Å². The molecule has 0 spiro atoms. The average molecular weight is 437 g/mol. The van der Waals surface area contributed by atoms with Gasteiger partial charge in [-0.2, -0.15) is 4.72 Å². The van der Waals surface area contributed by atoms with E-state index in [2.05, 4.69) is 33.2 Å². The Labute approximate surface area is 183 Å². The molecule has 0 fully saturated rings. The van der Waals surface area contributed by atoms with Gasteiger partial charge in [0.25, 0.3) is 10.0 Å². The highest BCUT2D eigenvalue weighted by Crippen LogP contribution is 2.09. The summed E-state index contributed by atoms with van der Waals surface area (Å²) in [6.07, 6.45) is 4.32. The molecule has 3 aromatic rings. The van der Waals surface area contributed by atoms with Gasteiger partial charge in [0.1, 0.15) is 6.04 Å². The molecule has 1 radical (unpaired) electrons. The number of carbonyl (C=O) groups is 1. The first-order chi connectivity index (χ1) is 15.0. The van der Waals surface area contributed by atoms with E-state index in [1.165, 1.54) is 17.8 Å². The zero-order valence-electron chi connectivity index (χ0n) is 17.2. The molecule has 0 aliphatic carbocycles. The van der Waals surface area contributed by atoms with Crippen LogP contribution in [0.2, 0.25) is 0 Å². The van der Waals surface area contributed by atoms with Crippen LogP contribution in [0.4, 0.5) is 0 Å². The molecule has 1 unspecified atom stereocenters. The summed E-state index contributed by atoms with van der Waals surface area (Å²) in [4.78, 5) is 16.7. The first-order valence-corrected chi connectivity index (χ1v) is 11.7. The van der Waals surface area contributed by atoms with Crippen molar-refractivity contribution in [1.82, 2.24) is 15.0 Å². The first kappa shape index (κ1) is 22.7. The molecule has 3 rings (SSSR count). The predicted octanol–water partition coefficient (Wildman–Crippen LogP) is 2.91. The molecule has 1 amide bonds. The van der Waals surface area contributed by atoms with Crippen molar-refractivity contribution in [2.75, 3.05) is 6.54 Å². The van der Waals surface area contributed by atoms with E-state index in [0.29, 0.717) is 6.54 Å². The number of nitrogens with zero attached hydrogens (tertiary/aromatic N) is 1. The third kappa shape index (κ3) is 7.31. The number of aromatic nitrogens is 1. The summed E-state index contributed by atoms with van der Waals surface area (Å²) in [7, 11) is -3.93. The van der Waals surface area contributed by atoms with Crippen LogP contribution in [0.3, 0.4) is 0 Å². The molecule has 2 N–H and O–H groups in total. The largest absolute Gasteiger partial charge is 0.355 e. The molecule has 1 atom stereocenters. The number of nitrogens with one attached hydrogen (secondary N) is 2. The zero-order valence-corrected chi connectivity index (χ0v) is 18.0. The fourth-order valence-corrected chi connectivity index (χ4v) is 4.31. The van der Waals surface area contributed by atoms with E-state index < -0.39 is 16.1 Å². The van der Waals surface area contributed by atoms with Crippen LogP contribution in [0.25, 0.3) is 0 Å². The molecular weight excluding hydrogens is 410 g/mol. The molecular formula is C24H26N3O3S. The van der Waals surface area contributed by atoms with Gasteiger partial charge in [0.05, 0.1) is 0 Å². The highest BCUT2D eigenvalue weighted by Gasteiger charge is 2.26. The van der Waals surface area contributed by atoms with Crippen molar-refractivity contribution < 1.29 is 13.2 Å². The topological polar surface area (TPSA) is 88.2 Å². The van der Waals surface area contributed by atoms with Crippen molar-refractivity contribution in [3.05, 3.63) is 96.2 Å². The number of sulfonamides is 1. The Hall–Kier alpha value is -3.03. The van der Waals surface area contributed by atoms with Crippen molar-refractivity contribution in [2.45, 2.75) is 36.8 Å². The van der Waals surface area contributed by atoms with E-state index in [1.54, 1.807) is 24.3 Å². The smallest absolute Gasteiger partial charge is 0.258 e. The lowest BCUT2D eigenvalue weighted by Crippen LogP contribution is -2.48. The van der Waals surface area contributed by atoms with E-state index in [9.17, 15) is 13.2 Å². The lowest BCUT2D eigenvalue weighted by Gasteiger charge is -2.18. The van der Waals surface area contributed by atoms with E-state index in [1.807, 2.05) is 30.3 Å². The summed E-state index contributed by atoms with van der Waals surface area (Å²) in [5.74, 6) is -0.355. The summed E-state index contributed by atoms with van der Waals surface area (Å²) in [5, 5.41) is 2.76. The van der Waals surface area contributed by atoms with Crippen molar-refractivity contribution >= 4 is 15.9 Å². The second-order valence-corrected chi connectivity index (χ2v) is 8.85. The third-order valence-electron chi connectivity index (χ3n) is 4.79. The van der Waals surface area contributed by atoms with Gasteiger partial charge in [0.2, 0.25) is 5.91 Å². The highest BCUT2D eigenvalue weighted by atomic mass is 32.2. The Balaban J connectivity index is 1.59. The fraction of sp³-hybridized carbons (Fsp3) is 0.250. The van der Waals surface area contributed by atoms with Crippen molar-refractivity contribution in [3.63, 3.8) is 0 Å². The third-order valence-corrected chi connectivity index (χ3v) is 6.18.